The van der Waals surface area contributed by atoms with E-state index in [2.05, 4.69) is 212 Å². The molecule has 2 aliphatic rings. The first-order chi connectivity index (χ1) is 26.4. The fourth-order valence-corrected chi connectivity index (χ4v) is 8.97. The van der Waals surface area contributed by atoms with Crippen LogP contribution in [0.1, 0.15) is 43.2 Å². The molecule has 1 heterocycles. The number of hydrogen-bond donors (Lipinski definition) is 0. The number of aromatic nitrogens is 1. The van der Waals surface area contributed by atoms with E-state index in [1.807, 2.05) is 0 Å². The van der Waals surface area contributed by atoms with Crippen LogP contribution in [0.5, 0.6) is 0 Å². The van der Waals surface area contributed by atoms with Crippen molar-refractivity contribution < 1.29 is 0 Å². The number of anilines is 3. The highest BCUT2D eigenvalue weighted by atomic mass is 15.1. The Morgan fingerprint density at radius 1 is 0.537 bits per heavy atom. The molecule has 7 aromatic carbocycles. The summed E-state index contributed by atoms with van der Waals surface area (Å²) in [5, 5.41) is 1.27. The minimum Gasteiger partial charge on any atom is -0.313 e. The first-order valence-electron chi connectivity index (χ1n) is 19.2. The summed E-state index contributed by atoms with van der Waals surface area (Å²) in [5.41, 5.74) is 18.8. The Bertz CT molecular complexity index is 2700. The van der Waals surface area contributed by atoms with E-state index in [1.165, 1.54) is 72.4 Å². The van der Waals surface area contributed by atoms with Crippen molar-refractivity contribution >= 4 is 34.0 Å². The lowest BCUT2D eigenvalue weighted by Gasteiger charge is -2.27. The van der Waals surface area contributed by atoms with Crippen LogP contribution in [0.15, 0.2) is 176 Å². The highest BCUT2D eigenvalue weighted by Gasteiger charge is 2.35. The Kier molecular flexibility index (Phi) is 7.56. The number of nitrogens with zero attached hydrogens (tertiary/aromatic N) is 2. The summed E-state index contributed by atoms with van der Waals surface area (Å²) in [4.78, 5) is 2.44. The molecule has 1 aromatic heterocycles. The van der Waals surface area contributed by atoms with Crippen molar-refractivity contribution in [2.75, 3.05) is 4.90 Å². The molecule has 0 amide bonds. The molecule has 2 aliphatic carbocycles. The lowest BCUT2D eigenvalue weighted by atomic mass is 9.82. The van der Waals surface area contributed by atoms with Crippen LogP contribution in [0.3, 0.4) is 0 Å². The SMILES string of the molecule is CC1C=Cc2c(n(-c3ccc(-c4ccccc4)cc3)c3ccc(N(c4ccc(-c5ccccc5)cc4)c4ccc5c(c4)-c4ccccc4C5(C)C)cc23)C1. The quantitative estimate of drug-likeness (QED) is 0.168. The Hall–Kier alpha value is -6.38. The normalized spacial score (nSPS) is 15.1. The zero-order valence-electron chi connectivity index (χ0n) is 31.0. The van der Waals surface area contributed by atoms with Gasteiger partial charge in [0.25, 0.3) is 0 Å². The molecule has 0 bridgehead atoms. The second kappa shape index (κ2) is 12.6. The molecule has 1 unspecified atom stereocenters. The number of benzene rings is 7. The van der Waals surface area contributed by atoms with Crippen LogP contribution < -0.4 is 4.90 Å². The van der Waals surface area contributed by atoms with Crippen molar-refractivity contribution in [3.63, 3.8) is 0 Å². The van der Waals surface area contributed by atoms with Gasteiger partial charge in [-0.2, -0.15) is 0 Å². The van der Waals surface area contributed by atoms with Gasteiger partial charge in [-0.15, -0.1) is 0 Å². The highest BCUT2D eigenvalue weighted by molar-refractivity contribution is 5.97. The van der Waals surface area contributed by atoms with Crippen molar-refractivity contribution in [2.24, 2.45) is 5.92 Å². The molecule has 2 heteroatoms. The third-order valence-electron chi connectivity index (χ3n) is 11.7. The predicted molar refractivity (Wildman–Crippen MR) is 228 cm³/mol. The van der Waals surface area contributed by atoms with Crippen LogP contribution >= 0.6 is 0 Å². The van der Waals surface area contributed by atoms with Crippen molar-refractivity contribution in [3.05, 3.63) is 198 Å². The maximum absolute atomic E-state index is 2.50. The molecule has 10 rings (SSSR count). The van der Waals surface area contributed by atoms with E-state index in [1.54, 1.807) is 0 Å². The second-order valence-corrected chi connectivity index (χ2v) is 15.5. The van der Waals surface area contributed by atoms with Crippen molar-refractivity contribution in [1.29, 1.82) is 0 Å². The third kappa shape index (κ3) is 5.24. The van der Waals surface area contributed by atoms with Crippen molar-refractivity contribution in [2.45, 2.75) is 32.6 Å². The fourth-order valence-electron chi connectivity index (χ4n) is 8.97. The summed E-state index contributed by atoms with van der Waals surface area (Å²) in [6.07, 6.45) is 5.73. The molecule has 0 fully saturated rings. The molecular weight excluding hydrogens is 653 g/mol. The minimum atomic E-state index is -0.0454. The first kappa shape index (κ1) is 32.3. The molecule has 54 heavy (non-hydrogen) atoms. The van der Waals surface area contributed by atoms with Crippen LogP contribution in [0.25, 0.3) is 56.0 Å². The minimum absolute atomic E-state index is 0.0454. The Balaban J connectivity index is 1.14. The van der Waals surface area contributed by atoms with Crippen molar-refractivity contribution in [3.8, 4) is 39.1 Å². The van der Waals surface area contributed by atoms with Crippen LogP contribution in [0.2, 0.25) is 0 Å². The van der Waals surface area contributed by atoms with Gasteiger partial charge >= 0.3 is 0 Å². The van der Waals surface area contributed by atoms with Gasteiger partial charge in [0.15, 0.2) is 0 Å². The summed E-state index contributed by atoms with van der Waals surface area (Å²) in [7, 11) is 0. The van der Waals surface area contributed by atoms with Crippen LogP contribution in [0.4, 0.5) is 17.1 Å². The standard InChI is InChI=1S/C52H42N2/c1-35-18-29-45-47-34-43(28-31-50(47)54(51(45)32-35)41-25-21-39(22-26-41)37-14-8-5-9-15-37)53(40-23-19-38(20-24-40)36-12-6-4-7-13-36)42-27-30-49-46(33-42)44-16-10-11-17-48(44)52(49,2)3/h4-31,33-35H,32H2,1-3H3. The van der Waals surface area contributed by atoms with E-state index in [0.717, 1.165) is 23.5 Å². The summed E-state index contributed by atoms with van der Waals surface area (Å²) >= 11 is 0. The Morgan fingerprint density at radius 3 is 1.80 bits per heavy atom. The van der Waals surface area contributed by atoms with Gasteiger partial charge < -0.3 is 9.47 Å². The predicted octanol–water partition coefficient (Wildman–Crippen LogP) is 13.9. The molecule has 0 N–H and O–H groups in total. The van der Waals surface area contributed by atoms with E-state index in [9.17, 15) is 0 Å². The zero-order valence-corrected chi connectivity index (χ0v) is 31.0. The number of hydrogen-bond acceptors (Lipinski definition) is 1. The molecular formula is C52H42N2. The molecule has 0 aliphatic heterocycles. The van der Waals surface area contributed by atoms with Gasteiger partial charge in [0.2, 0.25) is 0 Å². The van der Waals surface area contributed by atoms with Gasteiger partial charge in [0, 0.05) is 44.8 Å². The zero-order chi connectivity index (χ0) is 36.4. The maximum atomic E-state index is 2.50. The average Bonchev–Trinajstić information content (AvgIpc) is 3.66. The van der Waals surface area contributed by atoms with Crippen LogP contribution in [-0.2, 0) is 11.8 Å². The third-order valence-corrected chi connectivity index (χ3v) is 11.7. The topological polar surface area (TPSA) is 8.17 Å². The summed E-state index contributed by atoms with van der Waals surface area (Å²) in [6.45, 7) is 7.02. The first-order valence-corrected chi connectivity index (χ1v) is 19.2. The lowest BCUT2D eigenvalue weighted by Crippen LogP contribution is -2.15. The number of rotatable bonds is 6. The molecule has 260 valence electrons. The maximum Gasteiger partial charge on any atom is 0.0539 e. The largest absolute Gasteiger partial charge is 0.313 e. The monoisotopic (exact) mass is 694 g/mol. The fraction of sp³-hybridized carbons (Fsp3) is 0.115. The average molecular weight is 695 g/mol. The summed E-state index contributed by atoms with van der Waals surface area (Å²) in [6, 6.07) is 62.5. The van der Waals surface area contributed by atoms with E-state index >= 15 is 0 Å². The molecule has 0 radical (unpaired) electrons. The summed E-state index contributed by atoms with van der Waals surface area (Å²) in [5.74, 6) is 0.474. The van der Waals surface area contributed by atoms with Crippen LogP contribution in [0, 0.1) is 5.92 Å². The van der Waals surface area contributed by atoms with Gasteiger partial charge in [-0.25, -0.2) is 0 Å². The number of allylic oxidation sites excluding steroid dienone is 1. The van der Waals surface area contributed by atoms with Gasteiger partial charge in [-0.1, -0.05) is 148 Å². The smallest absolute Gasteiger partial charge is 0.0539 e. The Morgan fingerprint density at radius 2 is 1.09 bits per heavy atom. The van der Waals surface area contributed by atoms with E-state index in [-0.39, 0.29) is 5.41 Å². The number of fused-ring (bicyclic) bond motifs is 6. The lowest BCUT2D eigenvalue weighted by molar-refractivity contribution is 0.660. The molecule has 1 atom stereocenters. The van der Waals surface area contributed by atoms with E-state index in [0.29, 0.717) is 5.92 Å². The van der Waals surface area contributed by atoms with Gasteiger partial charge in [-0.3, -0.25) is 0 Å². The summed E-state index contributed by atoms with van der Waals surface area (Å²) < 4.78 is 2.50. The van der Waals surface area contributed by atoms with E-state index in [4.69, 9.17) is 0 Å². The Labute approximate surface area is 318 Å². The van der Waals surface area contributed by atoms with Crippen LogP contribution in [-0.4, -0.2) is 4.57 Å². The molecule has 0 saturated carbocycles. The van der Waals surface area contributed by atoms with Gasteiger partial charge in [0.1, 0.15) is 0 Å². The van der Waals surface area contributed by atoms with E-state index < -0.39 is 0 Å². The van der Waals surface area contributed by atoms with Gasteiger partial charge in [0.05, 0.1) is 5.52 Å². The molecule has 2 nitrogen and oxygen atoms in total. The van der Waals surface area contributed by atoms with Gasteiger partial charge in [-0.05, 0) is 111 Å². The molecule has 8 aromatic rings. The van der Waals surface area contributed by atoms with Crippen molar-refractivity contribution in [1.82, 2.24) is 4.57 Å². The molecule has 0 spiro atoms. The second-order valence-electron chi connectivity index (χ2n) is 15.5. The highest BCUT2D eigenvalue weighted by Crippen LogP contribution is 2.51. The molecule has 0 saturated heterocycles.